The Morgan fingerprint density at radius 3 is 2.67 bits per heavy atom. The number of hydrogen-bond donors (Lipinski definition) is 2. The fraction of sp³-hybridized carbons (Fsp3) is 0.300. The number of anilines is 2. The van der Waals surface area contributed by atoms with Crippen LogP contribution in [0, 0.1) is 0 Å². The maximum Gasteiger partial charge on any atom is 0.255 e. The molecule has 2 amide bonds. The average Bonchev–Trinajstić information content (AvgIpc) is 3.35. The zero-order valence-electron chi connectivity index (χ0n) is 22.5. The zero-order valence-corrected chi connectivity index (χ0v) is 22.5. The number of nitrogen functional groups attached to an aromatic ring is 1. The molecule has 9 heteroatoms. The topological polar surface area (TPSA) is 119 Å². The monoisotopic (exact) mass is 523 g/mol. The molecule has 39 heavy (non-hydrogen) atoms. The van der Waals surface area contributed by atoms with Crippen LogP contribution in [0.5, 0.6) is 0 Å². The van der Waals surface area contributed by atoms with Gasteiger partial charge in [-0.05, 0) is 61.6 Å². The normalized spacial score (nSPS) is 15.8. The standard InChI is InChI=1S/C30H33N7O2/c1-4-7-25(38)36-15-6-10-24(17-36)37-29-26(28(31)32-18-33-29)27(35-37)21-8-5-9-22(16-21)30(39)34-23-13-11-20(12-14-23)19(2)3/h4-5,7-9,11-14,16,18-19,24H,6,10,15,17H2,1-3H3,(H,34,39)(H2,31,32,33). The molecule has 0 spiro atoms. The number of rotatable bonds is 6. The predicted octanol–water partition coefficient (Wildman–Crippen LogP) is 5.19. The third-order valence-corrected chi connectivity index (χ3v) is 7.11. The van der Waals surface area contributed by atoms with Crippen molar-refractivity contribution < 1.29 is 9.59 Å². The Hall–Kier alpha value is -4.53. The summed E-state index contributed by atoms with van der Waals surface area (Å²) < 4.78 is 1.86. The quantitative estimate of drug-likeness (QED) is 0.336. The molecule has 9 nitrogen and oxygen atoms in total. The minimum Gasteiger partial charge on any atom is -0.383 e. The third kappa shape index (κ3) is 5.38. The van der Waals surface area contributed by atoms with Crippen LogP contribution < -0.4 is 11.1 Å². The molecule has 1 fully saturated rings. The van der Waals surface area contributed by atoms with Gasteiger partial charge >= 0.3 is 0 Å². The number of nitrogens with two attached hydrogens (primary N) is 1. The summed E-state index contributed by atoms with van der Waals surface area (Å²) >= 11 is 0. The van der Waals surface area contributed by atoms with E-state index in [1.807, 2.05) is 52.9 Å². The summed E-state index contributed by atoms with van der Waals surface area (Å²) in [5.74, 6) is 0.514. The first kappa shape index (κ1) is 26.1. The number of benzene rings is 2. The molecule has 200 valence electrons. The van der Waals surface area contributed by atoms with Crippen LogP contribution >= 0.6 is 0 Å². The number of nitrogens with one attached hydrogen (secondary N) is 1. The van der Waals surface area contributed by atoms with E-state index in [4.69, 9.17) is 10.8 Å². The van der Waals surface area contributed by atoms with Gasteiger partial charge in [-0.2, -0.15) is 5.10 Å². The first-order valence-corrected chi connectivity index (χ1v) is 13.3. The molecule has 3 heterocycles. The third-order valence-electron chi connectivity index (χ3n) is 7.11. The average molecular weight is 524 g/mol. The van der Waals surface area contributed by atoms with Crippen LogP contribution in [0.25, 0.3) is 22.3 Å². The Morgan fingerprint density at radius 1 is 1.13 bits per heavy atom. The van der Waals surface area contributed by atoms with Crippen molar-refractivity contribution in [1.29, 1.82) is 0 Å². The molecule has 3 N–H and O–H groups in total. The van der Waals surface area contributed by atoms with Crippen LogP contribution in [0.4, 0.5) is 11.5 Å². The second-order valence-corrected chi connectivity index (χ2v) is 10.1. The summed E-state index contributed by atoms with van der Waals surface area (Å²) in [5.41, 5.74) is 10.7. The lowest BCUT2D eigenvalue weighted by atomic mass is 10.0. The number of allylic oxidation sites excluding steroid dienone is 1. The van der Waals surface area contributed by atoms with Crippen molar-refractivity contribution in [2.24, 2.45) is 0 Å². The Balaban J connectivity index is 1.47. The fourth-order valence-corrected chi connectivity index (χ4v) is 5.02. The molecular weight excluding hydrogens is 490 g/mol. The molecule has 1 aliphatic rings. The molecule has 2 aromatic heterocycles. The highest BCUT2D eigenvalue weighted by atomic mass is 16.2. The van der Waals surface area contributed by atoms with Crippen molar-refractivity contribution in [1.82, 2.24) is 24.6 Å². The Kier molecular flexibility index (Phi) is 7.40. The number of carbonyl (C=O) groups is 2. The largest absolute Gasteiger partial charge is 0.383 e. The number of amides is 2. The number of likely N-dealkylation sites (tertiary alicyclic amines) is 1. The number of aromatic nitrogens is 4. The van der Waals surface area contributed by atoms with Crippen LogP contribution in [-0.2, 0) is 4.79 Å². The van der Waals surface area contributed by atoms with E-state index >= 15 is 0 Å². The predicted molar refractivity (Wildman–Crippen MR) is 153 cm³/mol. The van der Waals surface area contributed by atoms with Crippen molar-refractivity contribution in [3.8, 4) is 11.3 Å². The van der Waals surface area contributed by atoms with Crippen LogP contribution in [0.3, 0.4) is 0 Å². The second kappa shape index (κ2) is 11.1. The number of hydrogen-bond acceptors (Lipinski definition) is 6. The van der Waals surface area contributed by atoms with Gasteiger partial charge in [0.1, 0.15) is 17.8 Å². The van der Waals surface area contributed by atoms with Crippen LogP contribution in [0.2, 0.25) is 0 Å². The summed E-state index contributed by atoms with van der Waals surface area (Å²) in [7, 11) is 0. The molecule has 2 aromatic carbocycles. The maximum atomic E-state index is 13.1. The molecule has 1 unspecified atom stereocenters. The second-order valence-electron chi connectivity index (χ2n) is 10.1. The van der Waals surface area contributed by atoms with Gasteiger partial charge in [0.05, 0.1) is 11.4 Å². The van der Waals surface area contributed by atoms with Gasteiger partial charge in [-0.1, -0.05) is 44.2 Å². The molecule has 0 aliphatic carbocycles. The molecule has 1 saturated heterocycles. The van der Waals surface area contributed by atoms with Crippen molar-refractivity contribution in [2.45, 2.75) is 45.6 Å². The number of piperidine rings is 1. The lowest BCUT2D eigenvalue weighted by molar-refractivity contribution is -0.127. The smallest absolute Gasteiger partial charge is 0.255 e. The van der Waals surface area contributed by atoms with E-state index in [1.54, 1.807) is 24.3 Å². The van der Waals surface area contributed by atoms with E-state index in [0.29, 0.717) is 47.1 Å². The van der Waals surface area contributed by atoms with Crippen LogP contribution in [-0.4, -0.2) is 49.6 Å². The highest BCUT2D eigenvalue weighted by molar-refractivity contribution is 6.06. The van der Waals surface area contributed by atoms with Crippen molar-refractivity contribution in [2.75, 3.05) is 24.1 Å². The summed E-state index contributed by atoms with van der Waals surface area (Å²) in [6, 6.07) is 15.1. The Morgan fingerprint density at radius 2 is 1.92 bits per heavy atom. The number of nitrogens with zero attached hydrogens (tertiary/aromatic N) is 5. The lowest BCUT2D eigenvalue weighted by Crippen LogP contribution is -2.40. The summed E-state index contributed by atoms with van der Waals surface area (Å²) in [6.45, 7) is 7.34. The zero-order chi connectivity index (χ0) is 27.5. The van der Waals surface area contributed by atoms with E-state index in [0.717, 1.165) is 24.1 Å². The van der Waals surface area contributed by atoms with E-state index in [2.05, 4.69) is 29.1 Å². The molecule has 0 radical (unpaired) electrons. The number of fused-ring (bicyclic) bond motifs is 1. The highest BCUT2D eigenvalue weighted by Crippen LogP contribution is 2.34. The number of carbonyl (C=O) groups excluding carboxylic acids is 2. The van der Waals surface area contributed by atoms with E-state index in [-0.39, 0.29) is 17.9 Å². The Bertz CT molecular complexity index is 1540. The van der Waals surface area contributed by atoms with Gasteiger partial charge in [0, 0.05) is 29.9 Å². The molecule has 5 rings (SSSR count). The molecular formula is C30H33N7O2. The maximum absolute atomic E-state index is 13.1. The minimum atomic E-state index is -0.215. The van der Waals surface area contributed by atoms with E-state index in [9.17, 15) is 9.59 Å². The molecule has 1 aliphatic heterocycles. The minimum absolute atomic E-state index is 0.00872. The first-order valence-electron chi connectivity index (χ1n) is 13.3. The van der Waals surface area contributed by atoms with Gasteiger partial charge in [0.15, 0.2) is 5.65 Å². The summed E-state index contributed by atoms with van der Waals surface area (Å²) in [4.78, 5) is 36.2. The highest BCUT2D eigenvalue weighted by Gasteiger charge is 2.28. The van der Waals surface area contributed by atoms with Gasteiger partial charge in [-0.15, -0.1) is 0 Å². The summed E-state index contributed by atoms with van der Waals surface area (Å²) in [5, 5.41) is 8.55. The van der Waals surface area contributed by atoms with Gasteiger partial charge < -0.3 is 16.0 Å². The van der Waals surface area contributed by atoms with Crippen LogP contribution in [0.15, 0.2) is 67.0 Å². The molecule has 4 aromatic rings. The van der Waals surface area contributed by atoms with Crippen molar-refractivity contribution in [3.63, 3.8) is 0 Å². The van der Waals surface area contributed by atoms with Crippen LogP contribution in [0.1, 0.15) is 61.5 Å². The SMILES string of the molecule is CC=CC(=O)N1CCCC(n2nc(-c3cccc(C(=O)Nc4ccc(C(C)C)cc4)c3)c3c(N)ncnc32)C1. The lowest BCUT2D eigenvalue weighted by Gasteiger charge is -2.32. The van der Waals surface area contributed by atoms with Gasteiger partial charge in [0.2, 0.25) is 5.91 Å². The van der Waals surface area contributed by atoms with E-state index < -0.39 is 0 Å². The molecule has 0 saturated carbocycles. The van der Waals surface area contributed by atoms with Crippen molar-refractivity contribution >= 4 is 34.4 Å². The summed E-state index contributed by atoms with van der Waals surface area (Å²) in [6.07, 6.45) is 6.49. The van der Waals surface area contributed by atoms with Gasteiger partial charge in [-0.3, -0.25) is 9.59 Å². The first-order chi connectivity index (χ1) is 18.9. The van der Waals surface area contributed by atoms with Gasteiger partial charge in [0.25, 0.3) is 5.91 Å². The fourth-order valence-electron chi connectivity index (χ4n) is 5.02. The van der Waals surface area contributed by atoms with Crippen molar-refractivity contribution in [3.05, 3.63) is 78.1 Å². The Labute approximate surface area is 227 Å². The van der Waals surface area contributed by atoms with E-state index in [1.165, 1.54) is 11.9 Å². The molecule has 1 atom stereocenters. The molecule has 0 bridgehead atoms. The van der Waals surface area contributed by atoms with Gasteiger partial charge in [-0.25, -0.2) is 14.6 Å².